The highest BCUT2D eigenvalue weighted by molar-refractivity contribution is 7.99. The highest BCUT2D eigenvalue weighted by Crippen LogP contribution is 2.39. The van der Waals surface area contributed by atoms with Crippen molar-refractivity contribution in [1.29, 1.82) is 0 Å². The summed E-state index contributed by atoms with van der Waals surface area (Å²) < 4.78 is 15.7. The third-order valence-electron chi connectivity index (χ3n) is 2.76. The van der Waals surface area contributed by atoms with Crippen LogP contribution in [0.1, 0.15) is 0 Å². The summed E-state index contributed by atoms with van der Waals surface area (Å²) in [6.45, 7) is 0. The molecule has 0 radical (unpaired) electrons. The second kappa shape index (κ2) is 7.58. The summed E-state index contributed by atoms with van der Waals surface area (Å²) in [6.07, 6.45) is 0. The van der Waals surface area contributed by atoms with Crippen molar-refractivity contribution < 1.29 is 19.0 Å². The summed E-state index contributed by atoms with van der Waals surface area (Å²) in [5.41, 5.74) is 5.94. The largest absolute Gasteiger partial charge is 0.493 e. The number of methoxy groups -OCH3 is 3. The predicted molar refractivity (Wildman–Crippen MR) is 86.2 cm³/mol. The third kappa shape index (κ3) is 4.19. The van der Waals surface area contributed by atoms with Crippen molar-refractivity contribution in [3.05, 3.63) is 12.1 Å². The lowest BCUT2D eigenvalue weighted by Crippen LogP contribution is -2.14. The Labute approximate surface area is 136 Å². The number of benzene rings is 1. The standard InChI is InChI=1S/C13H17N5O4S/c1-20-8-4-7(5-9(21-2)11(8)22-3)15-10(19)6-23-13-16-12(14)17-18-13/h4-5H,6H2,1-3H3,(H,15,19)(H3,14,16,17,18). The number of hydrogen-bond donors (Lipinski definition) is 3. The highest BCUT2D eigenvalue weighted by Gasteiger charge is 2.15. The Morgan fingerprint density at radius 3 is 2.39 bits per heavy atom. The number of amides is 1. The van der Waals surface area contributed by atoms with E-state index in [-0.39, 0.29) is 17.6 Å². The number of H-pyrrole nitrogens is 1. The molecule has 0 spiro atoms. The number of thioether (sulfide) groups is 1. The van der Waals surface area contributed by atoms with E-state index in [1.807, 2.05) is 0 Å². The van der Waals surface area contributed by atoms with Crippen LogP contribution in [0.15, 0.2) is 17.3 Å². The summed E-state index contributed by atoms with van der Waals surface area (Å²) in [4.78, 5) is 15.9. The van der Waals surface area contributed by atoms with E-state index >= 15 is 0 Å². The average Bonchev–Trinajstić information content (AvgIpc) is 2.97. The number of aromatic nitrogens is 3. The Kier molecular flexibility index (Phi) is 5.52. The molecule has 0 atom stereocenters. The molecule has 0 saturated heterocycles. The average molecular weight is 339 g/mol. The van der Waals surface area contributed by atoms with Crippen LogP contribution in [-0.2, 0) is 4.79 Å². The lowest BCUT2D eigenvalue weighted by Gasteiger charge is -2.14. The van der Waals surface area contributed by atoms with Gasteiger partial charge in [0.05, 0.1) is 27.1 Å². The zero-order chi connectivity index (χ0) is 16.8. The molecule has 124 valence electrons. The molecule has 0 unspecified atom stereocenters. The molecule has 1 aromatic carbocycles. The number of nitrogens with two attached hydrogens (primary N) is 1. The number of rotatable bonds is 7. The van der Waals surface area contributed by atoms with Crippen LogP contribution in [0.2, 0.25) is 0 Å². The SMILES string of the molecule is COc1cc(NC(=O)CSc2n[nH]c(N)n2)cc(OC)c1OC. The van der Waals surface area contributed by atoms with E-state index < -0.39 is 0 Å². The van der Waals surface area contributed by atoms with Crippen LogP contribution in [0.4, 0.5) is 11.6 Å². The van der Waals surface area contributed by atoms with Crippen LogP contribution in [0, 0.1) is 0 Å². The summed E-state index contributed by atoms with van der Waals surface area (Å²) >= 11 is 1.16. The van der Waals surface area contributed by atoms with Gasteiger partial charge >= 0.3 is 0 Å². The van der Waals surface area contributed by atoms with Gasteiger partial charge in [-0.15, -0.1) is 5.10 Å². The van der Waals surface area contributed by atoms with Gasteiger partial charge in [-0.2, -0.15) is 4.98 Å². The molecular formula is C13H17N5O4S. The molecule has 10 heteroatoms. The van der Waals surface area contributed by atoms with Gasteiger partial charge in [-0.1, -0.05) is 11.8 Å². The maximum atomic E-state index is 12.0. The van der Waals surface area contributed by atoms with Crippen molar-refractivity contribution >= 4 is 29.3 Å². The minimum Gasteiger partial charge on any atom is -0.493 e. The first kappa shape index (κ1) is 16.7. The monoisotopic (exact) mass is 339 g/mol. The van der Waals surface area contributed by atoms with E-state index in [1.54, 1.807) is 12.1 Å². The Balaban J connectivity index is 2.05. The lowest BCUT2D eigenvalue weighted by molar-refractivity contribution is -0.113. The van der Waals surface area contributed by atoms with Gasteiger partial charge in [0.2, 0.25) is 22.8 Å². The Bertz CT molecular complexity index is 666. The summed E-state index contributed by atoms with van der Waals surface area (Å²) in [6, 6.07) is 3.30. The number of hydrogen-bond acceptors (Lipinski definition) is 8. The van der Waals surface area contributed by atoms with Gasteiger partial charge in [0.15, 0.2) is 11.5 Å². The van der Waals surface area contributed by atoms with E-state index in [2.05, 4.69) is 20.5 Å². The van der Waals surface area contributed by atoms with Crippen LogP contribution in [0.5, 0.6) is 17.2 Å². The molecule has 2 aromatic rings. The fourth-order valence-electron chi connectivity index (χ4n) is 1.80. The molecule has 1 amide bonds. The van der Waals surface area contributed by atoms with E-state index in [0.717, 1.165) is 11.8 Å². The van der Waals surface area contributed by atoms with Crippen LogP contribution in [0.3, 0.4) is 0 Å². The summed E-state index contributed by atoms with van der Waals surface area (Å²) in [5.74, 6) is 1.48. The lowest BCUT2D eigenvalue weighted by atomic mass is 10.2. The fourth-order valence-corrected chi connectivity index (χ4v) is 2.41. The van der Waals surface area contributed by atoms with Crippen LogP contribution < -0.4 is 25.3 Å². The molecule has 0 aliphatic heterocycles. The van der Waals surface area contributed by atoms with E-state index in [9.17, 15) is 4.79 Å². The van der Waals surface area contributed by atoms with E-state index in [0.29, 0.717) is 28.1 Å². The van der Waals surface area contributed by atoms with Crippen molar-refractivity contribution in [3.8, 4) is 17.2 Å². The van der Waals surface area contributed by atoms with Gasteiger partial charge in [-0.3, -0.25) is 4.79 Å². The molecule has 0 saturated carbocycles. The minimum atomic E-state index is -0.229. The highest BCUT2D eigenvalue weighted by atomic mass is 32.2. The van der Waals surface area contributed by atoms with Gasteiger partial charge in [-0.05, 0) is 0 Å². The van der Waals surface area contributed by atoms with Gasteiger partial charge in [-0.25, -0.2) is 5.10 Å². The number of aromatic amines is 1. The Hall–Kier alpha value is -2.62. The van der Waals surface area contributed by atoms with Crippen molar-refractivity contribution in [2.75, 3.05) is 38.1 Å². The van der Waals surface area contributed by atoms with Crippen LogP contribution >= 0.6 is 11.8 Å². The number of ether oxygens (including phenoxy) is 3. The smallest absolute Gasteiger partial charge is 0.234 e. The molecule has 0 aliphatic rings. The molecule has 0 fully saturated rings. The van der Waals surface area contributed by atoms with Gasteiger partial charge in [0.1, 0.15) is 0 Å². The van der Waals surface area contributed by atoms with Gasteiger partial charge < -0.3 is 25.3 Å². The van der Waals surface area contributed by atoms with E-state index in [4.69, 9.17) is 19.9 Å². The topological polar surface area (TPSA) is 124 Å². The zero-order valence-corrected chi connectivity index (χ0v) is 13.7. The molecule has 4 N–H and O–H groups in total. The first-order chi connectivity index (χ1) is 11.1. The summed E-state index contributed by atoms with van der Waals surface area (Å²) in [5, 5.41) is 9.49. The normalized spacial score (nSPS) is 10.2. The minimum absolute atomic E-state index is 0.133. The molecule has 23 heavy (non-hydrogen) atoms. The Morgan fingerprint density at radius 1 is 1.26 bits per heavy atom. The van der Waals surface area contributed by atoms with Crippen LogP contribution in [0.25, 0.3) is 0 Å². The maximum absolute atomic E-state index is 12.0. The molecule has 9 nitrogen and oxygen atoms in total. The van der Waals surface area contributed by atoms with Crippen molar-refractivity contribution in [1.82, 2.24) is 15.2 Å². The van der Waals surface area contributed by atoms with Crippen LogP contribution in [-0.4, -0.2) is 48.2 Å². The molecule has 2 rings (SSSR count). The van der Waals surface area contributed by atoms with Crippen molar-refractivity contribution in [3.63, 3.8) is 0 Å². The van der Waals surface area contributed by atoms with Crippen molar-refractivity contribution in [2.45, 2.75) is 5.16 Å². The molecule has 1 heterocycles. The number of nitrogens with one attached hydrogen (secondary N) is 2. The number of anilines is 2. The van der Waals surface area contributed by atoms with E-state index in [1.165, 1.54) is 21.3 Å². The molecule has 0 bridgehead atoms. The second-order valence-electron chi connectivity index (χ2n) is 4.25. The number of carbonyl (C=O) groups excluding carboxylic acids is 1. The predicted octanol–water partition coefficient (Wildman–Crippen LogP) is 1.14. The molecular weight excluding hydrogens is 322 g/mol. The summed E-state index contributed by atoms with van der Waals surface area (Å²) in [7, 11) is 4.52. The zero-order valence-electron chi connectivity index (χ0n) is 12.9. The first-order valence-electron chi connectivity index (χ1n) is 6.48. The van der Waals surface area contributed by atoms with Gasteiger partial charge in [0.25, 0.3) is 0 Å². The second-order valence-corrected chi connectivity index (χ2v) is 5.20. The van der Waals surface area contributed by atoms with Gasteiger partial charge in [0, 0.05) is 17.8 Å². The van der Waals surface area contributed by atoms with Crippen molar-refractivity contribution in [2.24, 2.45) is 0 Å². The number of nitrogen functional groups attached to an aromatic ring is 1. The third-order valence-corrected chi connectivity index (χ3v) is 3.61. The maximum Gasteiger partial charge on any atom is 0.234 e. The fraction of sp³-hybridized carbons (Fsp3) is 0.308. The Morgan fingerprint density at radius 2 is 1.91 bits per heavy atom. The molecule has 0 aliphatic carbocycles. The number of carbonyl (C=O) groups is 1. The molecule has 1 aromatic heterocycles. The quantitative estimate of drug-likeness (QED) is 0.642. The number of nitrogens with zero attached hydrogens (tertiary/aromatic N) is 2. The first-order valence-corrected chi connectivity index (χ1v) is 7.46.